The largest absolute Gasteiger partial charge is 0.493 e. The summed E-state index contributed by atoms with van der Waals surface area (Å²) in [5.74, 6) is 2.50. The lowest BCUT2D eigenvalue weighted by atomic mass is 9.96. The third-order valence-electron chi connectivity index (χ3n) is 5.60. The molecule has 4 rings (SSSR count). The van der Waals surface area contributed by atoms with E-state index in [1.54, 1.807) is 17.0 Å². The Hall–Kier alpha value is -2.48. The van der Waals surface area contributed by atoms with Crippen LogP contribution < -0.4 is 4.74 Å². The highest BCUT2D eigenvalue weighted by molar-refractivity contribution is 5.76. The Morgan fingerprint density at radius 2 is 2.04 bits per heavy atom. The summed E-state index contributed by atoms with van der Waals surface area (Å²) in [5, 5.41) is 8.80. The fourth-order valence-electron chi connectivity index (χ4n) is 3.93. The molecule has 0 N–H and O–H groups in total. The number of carbonyl (C=O) groups is 1. The van der Waals surface area contributed by atoms with Crippen LogP contribution in [0.1, 0.15) is 36.8 Å². The van der Waals surface area contributed by atoms with Crippen molar-refractivity contribution >= 4 is 5.91 Å². The SMILES string of the molecule is CN1CCC(c2nnc3n2CCN(C(=O)CCOc2cccc(F)c2)C3)CC1. The van der Waals surface area contributed by atoms with Crippen LogP contribution >= 0.6 is 0 Å². The van der Waals surface area contributed by atoms with Gasteiger partial charge in [0, 0.05) is 25.1 Å². The molecule has 2 aromatic rings. The number of piperidine rings is 1. The molecule has 1 fully saturated rings. The van der Waals surface area contributed by atoms with Gasteiger partial charge in [-0.15, -0.1) is 10.2 Å². The normalized spacial score (nSPS) is 18.1. The number of ether oxygens (including phenoxy) is 1. The molecule has 150 valence electrons. The van der Waals surface area contributed by atoms with Crippen LogP contribution in [0, 0.1) is 5.82 Å². The van der Waals surface area contributed by atoms with E-state index in [1.165, 1.54) is 12.1 Å². The summed E-state index contributed by atoms with van der Waals surface area (Å²) in [4.78, 5) is 16.7. The van der Waals surface area contributed by atoms with Gasteiger partial charge in [-0.05, 0) is 45.1 Å². The Morgan fingerprint density at radius 1 is 1.21 bits per heavy atom. The number of benzene rings is 1. The Morgan fingerprint density at radius 3 is 2.82 bits per heavy atom. The maximum absolute atomic E-state index is 13.2. The summed E-state index contributed by atoms with van der Waals surface area (Å²) >= 11 is 0. The molecule has 3 heterocycles. The fraction of sp³-hybridized carbons (Fsp3) is 0.550. The number of fused-ring (bicyclic) bond motifs is 1. The van der Waals surface area contributed by atoms with Gasteiger partial charge < -0.3 is 19.1 Å². The lowest BCUT2D eigenvalue weighted by Gasteiger charge is -2.31. The second-order valence-electron chi connectivity index (χ2n) is 7.57. The fourth-order valence-corrected chi connectivity index (χ4v) is 3.93. The summed E-state index contributed by atoms with van der Waals surface area (Å²) in [6.45, 7) is 4.28. The van der Waals surface area contributed by atoms with Crippen LogP contribution in [0.3, 0.4) is 0 Å². The van der Waals surface area contributed by atoms with E-state index in [0.29, 0.717) is 24.8 Å². The Bertz CT molecular complexity index is 832. The molecule has 0 unspecified atom stereocenters. The lowest BCUT2D eigenvalue weighted by molar-refractivity contribution is -0.133. The van der Waals surface area contributed by atoms with Crippen LogP contribution in [0.2, 0.25) is 0 Å². The lowest BCUT2D eigenvalue weighted by Crippen LogP contribution is -2.39. The van der Waals surface area contributed by atoms with Crippen molar-refractivity contribution < 1.29 is 13.9 Å². The molecule has 1 saturated heterocycles. The first-order chi connectivity index (χ1) is 13.6. The summed E-state index contributed by atoms with van der Waals surface area (Å²) in [6, 6.07) is 5.95. The summed E-state index contributed by atoms with van der Waals surface area (Å²) in [7, 11) is 2.15. The van der Waals surface area contributed by atoms with Crippen LogP contribution in [-0.2, 0) is 17.9 Å². The molecule has 7 nitrogen and oxygen atoms in total. The number of halogens is 1. The number of hydrogen-bond donors (Lipinski definition) is 0. The zero-order valence-corrected chi connectivity index (χ0v) is 16.2. The highest BCUT2D eigenvalue weighted by atomic mass is 19.1. The topological polar surface area (TPSA) is 63.5 Å². The van der Waals surface area contributed by atoms with Gasteiger partial charge in [-0.1, -0.05) is 6.07 Å². The van der Waals surface area contributed by atoms with Gasteiger partial charge in [-0.25, -0.2) is 4.39 Å². The summed E-state index contributed by atoms with van der Waals surface area (Å²) in [6.07, 6.45) is 2.47. The second kappa shape index (κ2) is 8.26. The minimum Gasteiger partial charge on any atom is -0.493 e. The third kappa shape index (κ3) is 4.16. The molecule has 0 aliphatic carbocycles. The first-order valence-corrected chi connectivity index (χ1v) is 9.87. The van der Waals surface area contributed by atoms with E-state index in [9.17, 15) is 9.18 Å². The molecule has 0 radical (unpaired) electrons. The van der Waals surface area contributed by atoms with Crippen molar-refractivity contribution in [3.8, 4) is 5.75 Å². The van der Waals surface area contributed by atoms with E-state index < -0.39 is 0 Å². The number of likely N-dealkylation sites (tertiary alicyclic amines) is 1. The molecule has 0 spiro atoms. The van der Waals surface area contributed by atoms with Crippen molar-refractivity contribution in [3.05, 3.63) is 41.7 Å². The predicted molar refractivity (Wildman–Crippen MR) is 101 cm³/mol. The van der Waals surface area contributed by atoms with Crippen molar-refractivity contribution in [2.45, 2.75) is 38.3 Å². The van der Waals surface area contributed by atoms with E-state index in [0.717, 1.165) is 44.1 Å². The van der Waals surface area contributed by atoms with Crippen LogP contribution in [-0.4, -0.2) is 63.8 Å². The van der Waals surface area contributed by atoms with Gasteiger partial charge in [0.1, 0.15) is 17.4 Å². The van der Waals surface area contributed by atoms with E-state index in [1.807, 2.05) is 0 Å². The maximum Gasteiger partial charge on any atom is 0.226 e. The predicted octanol–water partition coefficient (Wildman–Crippen LogP) is 2.04. The maximum atomic E-state index is 13.2. The number of nitrogens with zero attached hydrogens (tertiary/aromatic N) is 5. The van der Waals surface area contributed by atoms with Crippen LogP contribution in [0.4, 0.5) is 4.39 Å². The Balaban J connectivity index is 1.31. The highest BCUT2D eigenvalue weighted by Gasteiger charge is 2.29. The number of carbonyl (C=O) groups excluding carboxylic acids is 1. The van der Waals surface area contributed by atoms with E-state index in [-0.39, 0.29) is 24.8 Å². The minimum atomic E-state index is -0.348. The molecular weight excluding hydrogens is 361 g/mol. The molecular formula is C20H26FN5O2. The molecule has 0 atom stereocenters. The zero-order valence-electron chi connectivity index (χ0n) is 16.2. The molecule has 0 bridgehead atoms. The number of hydrogen-bond acceptors (Lipinski definition) is 5. The van der Waals surface area contributed by atoms with Crippen molar-refractivity contribution in [1.29, 1.82) is 0 Å². The minimum absolute atomic E-state index is 0.0199. The van der Waals surface area contributed by atoms with Crippen molar-refractivity contribution in [1.82, 2.24) is 24.6 Å². The number of rotatable bonds is 5. The Kier molecular flexibility index (Phi) is 5.57. The smallest absolute Gasteiger partial charge is 0.226 e. The molecule has 2 aliphatic rings. The standard InChI is InChI=1S/C20H26FN5O2/c1-24-8-5-15(6-9-24)20-23-22-18-14-25(10-11-26(18)20)19(27)7-12-28-17-4-2-3-16(21)13-17/h2-4,13,15H,5-12,14H2,1H3. The third-order valence-corrected chi connectivity index (χ3v) is 5.60. The second-order valence-corrected chi connectivity index (χ2v) is 7.57. The quantitative estimate of drug-likeness (QED) is 0.786. The van der Waals surface area contributed by atoms with Crippen LogP contribution in [0.15, 0.2) is 24.3 Å². The van der Waals surface area contributed by atoms with E-state index in [2.05, 4.69) is 26.7 Å². The zero-order chi connectivity index (χ0) is 19.5. The number of amides is 1. The average molecular weight is 387 g/mol. The van der Waals surface area contributed by atoms with Crippen molar-refractivity contribution in [3.63, 3.8) is 0 Å². The average Bonchev–Trinajstić information content (AvgIpc) is 3.12. The van der Waals surface area contributed by atoms with E-state index in [4.69, 9.17) is 4.74 Å². The van der Waals surface area contributed by atoms with Gasteiger partial charge in [0.2, 0.25) is 5.91 Å². The number of aromatic nitrogens is 3. The van der Waals surface area contributed by atoms with Crippen LogP contribution in [0.5, 0.6) is 5.75 Å². The van der Waals surface area contributed by atoms with Gasteiger partial charge in [-0.3, -0.25) is 4.79 Å². The van der Waals surface area contributed by atoms with Gasteiger partial charge in [0.25, 0.3) is 0 Å². The summed E-state index contributed by atoms with van der Waals surface area (Å²) < 4.78 is 20.9. The summed E-state index contributed by atoms with van der Waals surface area (Å²) in [5.41, 5.74) is 0. The first kappa shape index (κ1) is 18.9. The first-order valence-electron chi connectivity index (χ1n) is 9.87. The van der Waals surface area contributed by atoms with Crippen molar-refractivity contribution in [2.75, 3.05) is 33.3 Å². The van der Waals surface area contributed by atoms with Gasteiger partial charge >= 0.3 is 0 Å². The van der Waals surface area contributed by atoms with Gasteiger partial charge in [0.15, 0.2) is 5.82 Å². The molecule has 1 amide bonds. The molecule has 0 saturated carbocycles. The molecule has 1 aromatic carbocycles. The van der Waals surface area contributed by atoms with Gasteiger partial charge in [-0.2, -0.15) is 0 Å². The molecule has 28 heavy (non-hydrogen) atoms. The van der Waals surface area contributed by atoms with Crippen LogP contribution in [0.25, 0.3) is 0 Å². The monoisotopic (exact) mass is 387 g/mol. The highest BCUT2D eigenvalue weighted by Crippen LogP contribution is 2.28. The van der Waals surface area contributed by atoms with Crippen molar-refractivity contribution in [2.24, 2.45) is 0 Å². The molecule has 1 aromatic heterocycles. The Labute approximate surface area is 164 Å². The van der Waals surface area contributed by atoms with E-state index >= 15 is 0 Å². The van der Waals surface area contributed by atoms with Gasteiger partial charge in [0.05, 0.1) is 19.6 Å². The molecule has 2 aliphatic heterocycles. The molecule has 8 heteroatoms.